The Bertz CT molecular complexity index is 1710. The average molecular weight is 532 g/mol. The van der Waals surface area contributed by atoms with E-state index < -0.39 is 0 Å². The van der Waals surface area contributed by atoms with Crippen LogP contribution in [0.3, 0.4) is 0 Å². The Morgan fingerprint density at radius 3 is 2.46 bits per heavy atom. The first-order valence-corrected chi connectivity index (χ1v) is 13.0. The van der Waals surface area contributed by atoms with Gasteiger partial charge < -0.3 is 24.3 Å². The normalized spacial score (nSPS) is 17.4. The summed E-state index contributed by atoms with van der Waals surface area (Å²) < 4.78 is 11.6. The van der Waals surface area contributed by atoms with E-state index in [9.17, 15) is 9.90 Å². The van der Waals surface area contributed by atoms with Crippen LogP contribution in [0.5, 0.6) is 0 Å². The second kappa shape index (κ2) is 7.56. The first kappa shape index (κ1) is 21.4. The Balaban J connectivity index is 1.70. The summed E-state index contributed by atoms with van der Waals surface area (Å²) in [4.78, 5) is 13.3. The molecule has 7 heteroatoms. The van der Waals surface area contributed by atoms with Crippen LogP contribution >= 0.6 is 15.9 Å². The van der Waals surface area contributed by atoms with Crippen LogP contribution in [0.2, 0.25) is 0 Å². The number of carbonyl (C=O) groups is 1. The predicted octanol–water partition coefficient (Wildman–Crippen LogP) is 5.46. The Morgan fingerprint density at radius 1 is 1.06 bits per heavy atom. The van der Waals surface area contributed by atoms with Crippen molar-refractivity contribution in [1.29, 1.82) is 0 Å². The quantitative estimate of drug-likeness (QED) is 0.323. The Kier molecular flexibility index (Phi) is 4.63. The number of aromatic nitrogens is 2. The number of ether oxygens (including phenoxy) is 1. The maximum absolute atomic E-state index is 13.3. The third kappa shape index (κ3) is 2.92. The molecule has 3 aromatic carbocycles. The highest BCUT2D eigenvalue weighted by molar-refractivity contribution is 9.10. The van der Waals surface area contributed by atoms with Crippen molar-refractivity contribution in [2.75, 3.05) is 6.61 Å². The van der Waals surface area contributed by atoms with Crippen LogP contribution < -0.4 is 5.32 Å². The zero-order valence-corrected chi connectivity index (χ0v) is 21.3. The van der Waals surface area contributed by atoms with E-state index in [0.717, 1.165) is 71.3 Å². The van der Waals surface area contributed by atoms with Gasteiger partial charge in [-0.1, -0.05) is 22.0 Å². The lowest BCUT2D eigenvalue weighted by Gasteiger charge is -2.15. The summed E-state index contributed by atoms with van der Waals surface area (Å²) in [7, 11) is 0. The fourth-order valence-corrected chi connectivity index (χ4v) is 6.52. The first-order valence-electron chi connectivity index (χ1n) is 12.2. The maximum Gasteiger partial charge on any atom is 0.252 e. The monoisotopic (exact) mass is 531 g/mol. The molecular weight excluding hydrogens is 506 g/mol. The molecule has 4 heterocycles. The molecule has 0 radical (unpaired) electrons. The highest BCUT2D eigenvalue weighted by Crippen LogP contribution is 2.47. The number of carbonyl (C=O) groups excluding carboxylic acids is 1. The lowest BCUT2D eigenvalue weighted by molar-refractivity contribution is 0.0658. The number of hydrogen-bond donors (Lipinski definition) is 2. The maximum atomic E-state index is 13.3. The summed E-state index contributed by atoms with van der Waals surface area (Å²) in [6, 6.07) is 12.8. The SMILES string of the molecule is CC(C)OCc1ccc2c(c1)c1c3c(c4c5cc(Br)ccc5n5c4c1n2CC(CO)C5)C(=O)NC3. The third-order valence-corrected chi connectivity index (χ3v) is 8.10. The Morgan fingerprint density at radius 2 is 1.74 bits per heavy atom. The van der Waals surface area contributed by atoms with E-state index in [1.54, 1.807) is 0 Å². The number of amides is 1. The van der Waals surface area contributed by atoms with Gasteiger partial charge in [0.15, 0.2) is 0 Å². The number of benzene rings is 3. The zero-order valence-electron chi connectivity index (χ0n) is 19.7. The molecule has 2 aromatic heterocycles. The van der Waals surface area contributed by atoms with Gasteiger partial charge in [0.1, 0.15) is 0 Å². The third-order valence-electron chi connectivity index (χ3n) is 7.61. The van der Waals surface area contributed by atoms with Gasteiger partial charge in [0.25, 0.3) is 5.91 Å². The van der Waals surface area contributed by atoms with Gasteiger partial charge >= 0.3 is 0 Å². The fourth-order valence-electron chi connectivity index (χ4n) is 6.16. The van der Waals surface area contributed by atoms with Gasteiger partial charge in [-0.2, -0.15) is 0 Å². The second-order valence-electron chi connectivity index (χ2n) is 10.1. The molecule has 35 heavy (non-hydrogen) atoms. The van der Waals surface area contributed by atoms with Crippen LogP contribution in [0.4, 0.5) is 0 Å². The van der Waals surface area contributed by atoms with Crippen molar-refractivity contribution in [2.45, 2.75) is 46.2 Å². The van der Waals surface area contributed by atoms with Gasteiger partial charge in [-0.15, -0.1) is 0 Å². The molecule has 178 valence electrons. The Hall–Kier alpha value is -2.87. The summed E-state index contributed by atoms with van der Waals surface area (Å²) >= 11 is 3.64. The molecule has 0 saturated carbocycles. The fraction of sp³-hybridized carbons (Fsp3) is 0.321. The standard InChI is InChI=1S/C28H26BrN3O3/c1-14(2)35-13-15-3-5-21-18(7-15)23-20-9-30-28(34)25(20)24-19-8-17(29)4-6-22(19)32-11-16(12-33)10-31(21)26(23)27(24)32/h3-8,14,16,33H,9-13H2,1-2H3,(H,30,34). The molecular formula is C28H26BrN3O3. The number of halogens is 1. The summed E-state index contributed by atoms with van der Waals surface area (Å²) in [6.45, 7) is 6.71. The minimum atomic E-state index is -0.0101. The molecule has 0 fully saturated rings. The molecule has 7 rings (SSSR count). The van der Waals surface area contributed by atoms with E-state index in [2.05, 4.69) is 66.8 Å². The second-order valence-corrected chi connectivity index (χ2v) is 11.0. The van der Waals surface area contributed by atoms with Gasteiger partial charge in [0, 0.05) is 69.2 Å². The molecule has 2 aliphatic heterocycles. The van der Waals surface area contributed by atoms with E-state index in [0.29, 0.717) is 19.7 Å². The van der Waals surface area contributed by atoms with Gasteiger partial charge in [-0.3, -0.25) is 4.79 Å². The van der Waals surface area contributed by atoms with Crippen LogP contribution in [0.1, 0.15) is 35.3 Å². The summed E-state index contributed by atoms with van der Waals surface area (Å²) in [5, 5.41) is 17.8. The molecule has 5 aromatic rings. The molecule has 6 nitrogen and oxygen atoms in total. The van der Waals surface area contributed by atoms with Gasteiger partial charge in [0.05, 0.1) is 29.3 Å². The molecule has 1 unspecified atom stereocenters. The number of nitrogens with zero attached hydrogens (tertiary/aromatic N) is 2. The van der Waals surface area contributed by atoms with Crippen molar-refractivity contribution in [3.63, 3.8) is 0 Å². The smallest absolute Gasteiger partial charge is 0.252 e. The van der Waals surface area contributed by atoms with Crippen LogP contribution in [-0.2, 0) is 31.0 Å². The van der Waals surface area contributed by atoms with Crippen molar-refractivity contribution in [3.8, 4) is 0 Å². The molecule has 0 saturated heterocycles. The van der Waals surface area contributed by atoms with Crippen LogP contribution in [0.25, 0.3) is 43.6 Å². The summed E-state index contributed by atoms with van der Waals surface area (Å²) in [5.41, 5.74) is 7.48. The lowest BCUT2D eigenvalue weighted by Crippen LogP contribution is -2.18. The van der Waals surface area contributed by atoms with Crippen molar-refractivity contribution in [1.82, 2.24) is 14.5 Å². The van der Waals surface area contributed by atoms with Gasteiger partial charge in [-0.25, -0.2) is 0 Å². The van der Waals surface area contributed by atoms with Gasteiger partial charge in [0.2, 0.25) is 0 Å². The number of fused-ring (bicyclic) bond motifs is 9. The number of hydrogen-bond acceptors (Lipinski definition) is 3. The van der Waals surface area contributed by atoms with Crippen molar-refractivity contribution in [3.05, 3.63) is 57.6 Å². The van der Waals surface area contributed by atoms with Crippen LogP contribution in [0, 0.1) is 5.92 Å². The molecule has 0 bridgehead atoms. The summed E-state index contributed by atoms with van der Waals surface area (Å²) in [6.07, 6.45) is 0.156. The Labute approximate surface area is 210 Å². The molecule has 1 amide bonds. The van der Waals surface area contributed by atoms with E-state index in [-0.39, 0.29) is 24.5 Å². The first-order chi connectivity index (χ1) is 17.0. The molecule has 2 aliphatic rings. The van der Waals surface area contributed by atoms with Gasteiger partial charge in [-0.05, 0) is 55.3 Å². The summed E-state index contributed by atoms with van der Waals surface area (Å²) in [5.74, 6) is 0.0559. The number of nitrogens with one attached hydrogen (secondary N) is 1. The molecule has 0 spiro atoms. The highest BCUT2D eigenvalue weighted by Gasteiger charge is 2.34. The van der Waals surface area contributed by atoms with E-state index in [4.69, 9.17) is 4.74 Å². The van der Waals surface area contributed by atoms with Crippen LogP contribution in [0.15, 0.2) is 40.9 Å². The zero-order chi connectivity index (χ0) is 24.0. The topological polar surface area (TPSA) is 68.4 Å². The lowest BCUT2D eigenvalue weighted by atomic mass is 9.96. The van der Waals surface area contributed by atoms with E-state index in [1.165, 1.54) is 0 Å². The van der Waals surface area contributed by atoms with E-state index in [1.807, 2.05) is 13.8 Å². The molecule has 1 atom stereocenters. The van der Waals surface area contributed by atoms with Crippen LogP contribution in [-0.4, -0.2) is 32.9 Å². The number of rotatable bonds is 4. The minimum Gasteiger partial charge on any atom is -0.396 e. The molecule has 2 N–H and O–H groups in total. The number of aliphatic hydroxyl groups excluding tert-OH is 1. The largest absolute Gasteiger partial charge is 0.396 e. The average Bonchev–Trinajstić information content (AvgIpc) is 3.43. The van der Waals surface area contributed by atoms with E-state index >= 15 is 0 Å². The minimum absolute atomic E-state index is 0.0101. The van der Waals surface area contributed by atoms with Crippen molar-refractivity contribution < 1.29 is 14.6 Å². The van der Waals surface area contributed by atoms with Crippen molar-refractivity contribution >= 4 is 65.4 Å². The van der Waals surface area contributed by atoms with Crippen molar-refractivity contribution in [2.24, 2.45) is 5.92 Å². The highest BCUT2D eigenvalue weighted by atomic mass is 79.9. The molecule has 0 aliphatic carbocycles. The predicted molar refractivity (Wildman–Crippen MR) is 142 cm³/mol. The number of aliphatic hydroxyl groups is 1.